The van der Waals surface area contributed by atoms with Crippen LogP contribution in [0.5, 0.6) is 0 Å². The number of carbonyl (C=O) groups excluding carboxylic acids is 1. The van der Waals surface area contributed by atoms with Gasteiger partial charge in [-0.05, 0) is 25.8 Å². The van der Waals surface area contributed by atoms with Gasteiger partial charge in [-0.2, -0.15) is 5.10 Å². The number of carbonyl (C=O) groups is 1. The molecule has 3 atom stereocenters. The lowest BCUT2D eigenvalue weighted by Crippen LogP contribution is -2.31. The predicted molar refractivity (Wildman–Crippen MR) is 65.8 cm³/mol. The summed E-state index contributed by atoms with van der Waals surface area (Å²) in [7, 11) is 0. The number of aliphatic hydroxyl groups excluding tert-OH is 1. The van der Waals surface area contributed by atoms with Crippen molar-refractivity contribution in [1.29, 1.82) is 0 Å². The molecule has 3 N–H and O–H groups in total. The van der Waals surface area contributed by atoms with Crippen molar-refractivity contribution in [2.45, 2.75) is 31.8 Å². The van der Waals surface area contributed by atoms with Gasteiger partial charge in [0.2, 0.25) is 5.91 Å². The molecule has 1 aromatic rings. The van der Waals surface area contributed by atoms with E-state index < -0.39 is 6.10 Å². The molecule has 98 valence electrons. The SMILES string of the molecule is C=CC(=O)NC[C@H]1CC(c2n[nH]c(C)n2)C[C@H]1O. The molecule has 1 heterocycles. The van der Waals surface area contributed by atoms with Crippen molar-refractivity contribution in [2.24, 2.45) is 5.92 Å². The molecule has 0 aromatic carbocycles. The fourth-order valence-corrected chi connectivity index (χ4v) is 2.38. The Labute approximate surface area is 106 Å². The molecule has 6 nitrogen and oxygen atoms in total. The summed E-state index contributed by atoms with van der Waals surface area (Å²) < 4.78 is 0. The van der Waals surface area contributed by atoms with Gasteiger partial charge in [-0.25, -0.2) is 4.98 Å². The third kappa shape index (κ3) is 2.76. The quantitative estimate of drug-likeness (QED) is 0.669. The molecule has 2 rings (SSSR count). The molecule has 0 spiro atoms. The highest BCUT2D eigenvalue weighted by Crippen LogP contribution is 2.36. The van der Waals surface area contributed by atoms with Crippen LogP contribution in [0.2, 0.25) is 0 Å². The number of rotatable bonds is 4. The van der Waals surface area contributed by atoms with Crippen molar-refractivity contribution in [3.05, 3.63) is 24.3 Å². The zero-order chi connectivity index (χ0) is 13.1. The van der Waals surface area contributed by atoms with Gasteiger partial charge in [0.1, 0.15) is 5.82 Å². The van der Waals surface area contributed by atoms with Gasteiger partial charge in [-0.15, -0.1) is 0 Å². The number of H-pyrrole nitrogens is 1. The van der Waals surface area contributed by atoms with E-state index in [1.807, 2.05) is 6.92 Å². The van der Waals surface area contributed by atoms with Crippen LogP contribution in [0, 0.1) is 12.8 Å². The van der Waals surface area contributed by atoms with Crippen molar-refractivity contribution < 1.29 is 9.90 Å². The molecule has 0 saturated heterocycles. The van der Waals surface area contributed by atoms with E-state index >= 15 is 0 Å². The lowest BCUT2D eigenvalue weighted by atomic mass is 10.0. The Morgan fingerprint density at radius 1 is 1.67 bits per heavy atom. The second-order valence-electron chi connectivity index (χ2n) is 4.72. The van der Waals surface area contributed by atoms with Gasteiger partial charge in [0.15, 0.2) is 5.82 Å². The summed E-state index contributed by atoms with van der Waals surface area (Å²) in [5.74, 6) is 1.54. The summed E-state index contributed by atoms with van der Waals surface area (Å²) in [5, 5.41) is 19.6. The molecule has 1 aliphatic rings. The van der Waals surface area contributed by atoms with Crippen LogP contribution in [-0.2, 0) is 4.79 Å². The minimum Gasteiger partial charge on any atom is -0.393 e. The molecular formula is C12H18N4O2. The standard InChI is InChI=1S/C12H18N4O2/c1-3-11(18)13-6-9-4-8(5-10(9)17)12-14-7(2)15-16-12/h3,8-10,17H,1,4-6H2,2H3,(H,13,18)(H,14,15,16)/t8?,9-,10-/m1/s1. The number of amides is 1. The average molecular weight is 250 g/mol. The van der Waals surface area contributed by atoms with E-state index in [9.17, 15) is 9.90 Å². The first-order valence-electron chi connectivity index (χ1n) is 6.07. The molecule has 1 saturated carbocycles. The molecule has 0 aliphatic heterocycles. The highest BCUT2D eigenvalue weighted by Gasteiger charge is 2.35. The molecule has 1 aromatic heterocycles. The largest absolute Gasteiger partial charge is 0.393 e. The van der Waals surface area contributed by atoms with E-state index in [1.54, 1.807) is 0 Å². The number of aromatic nitrogens is 3. The average Bonchev–Trinajstić information content (AvgIpc) is 2.92. The molecular weight excluding hydrogens is 232 g/mol. The molecule has 1 unspecified atom stereocenters. The van der Waals surface area contributed by atoms with Crippen molar-refractivity contribution >= 4 is 5.91 Å². The Balaban J connectivity index is 1.92. The zero-order valence-electron chi connectivity index (χ0n) is 10.4. The van der Waals surface area contributed by atoms with E-state index in [0.717, 1.165) is 18.1 Å². The first-order valence-corrected chi connectivity index (χ1v) is 6.07. The first-order chi connectivity index (χ1) is 8.60. The molecule has 6 heteroatoms. The summed E-state index contributed by atoms with van der Waals surface area (Å²) in [4.78, 5) is 15.4. The molecule has 1 fully saturated rings. The summed E-state index contributed by atoms with van der Waals surface area (Å²) in [6.45, 7) is 5.71. The Bertz CT molecular complexity index is 443. The number of nitrogens with one attached hydrogen (secondary N) is 2. The maximum atomic E-state index is 11.1. The second-order valence-corrected chi connectivity index (χ2v) is 4.72. The van der Waals surface area contributed by atoms with Gasteiger partial charge < -0.3 is 10.4 Å². The number of aliphatic hydroxyl groups is 1. The van der Waals surface area contributed by atoms with Crippen LogP contribution in [0.1, 0.15) is 30.4 Å². The van der Waals surface area contributed by atoms with Crippen LogP contribution in [0.4, 0.5) is 0 Å². The van der Waals surface area contributed by atoms with E-state index in [2.05, 4.69) is 27.1 Å². The molecule has 18 heavy (non-hydrogen) atoms. The lowest BCUT2D eigenvalue weighted by Gasteiger charge is -2.13. The molecule has 1 aliphatic carbocycles. The highest BCUT2D eigenvalue weighted by atomic mass is 16.3. The molecule has 0 bridgehead atoms. The van der Waals surface area contributed by atoms with Gasteiger partial charge in [-0.3, -0.25) is 9.89 Å². The van der Waals surface area contributed by atoms with Crippen LogP contribution in [0.15, 0.2) is 12.7 Å². The molecule has 1 amide bonds. The first kappa shape index (κ1) is 12.8. The van der Waals surface area contributed by atoms with Crippen LogP contribution in [0.3, 0.4) is 0 Å². The predicted octanol–water partition coefficient (Wildman–Crippen LogP) is 0.270. The number of nitrogens with zero attached hydrogens (tertiary/aromatic N) is 2. The van der Waals surface area contributed by atoms with Crippen LogP contribution in [-0.4, -0.2) is 38.8 Å². The summed E-state index contributed by atoms with van der Waals surface area (Å²) in [6, 6.07) is 0. The van der Waals surface area contributed by atoms with Crippen molar-refractivity contribution in [3.63, 3.8) is 0 Å². The Hall–Kier alpha value is -1.69. The third-order valence-electron chi connectivity index (χ3n) is 3.36. The Kier molecular flexibility index (Phi) is 3.76. The monoisotopic (exact) mass is 250 g/mol. The topological polar surface area (TPSA) is 90.9 Å². The number of aromatic amines is 1. The summed E-state index contributed by atoms with van der Waals surface area (Å²) >= 11 is 0. The fraction of sp³-hybridized carbons (Fsp3) is 0.583. The van der Waals surface area contributed by atoms with Crippen LogP contribution >= 0.6 is 0 Å². The van der Waals surface area contributed by atoms with Crippen molar-refractivity contribution in [3.8, 4) is 0 Å². The van der Waals surface area contributed by atoms with Crippen molar-refractivity contribution in [2.75, 3.05) is 6.54 Å². The normalized spacial score (nSPS) is 27.1. The number of aryl methyl sites for hydroxylation is 1. The van der Waals surface area contributed by atoms with E-state index in [-0.39, 0.29) is 17.7 Å². The Morgan fingerprint density at radius 3 is 3.06 bits per heavy atom. The van der Waals surface area contributed by atoms with Crippen LogP contribution < -0.4 is 5.32 Å². The summed E-state index contributed by atoms with van der Waals surface area (Å²) in [6.07, 6.45) is 2.25. The second kappa shape index (κ2) is 5.30. The van der Waals surface area contributed by atoms with Gasteiger partial charge >= 0.3 is 0 Å². The Morgan fingerprint density at radius 2 is 2.44 bits per heavy atom. The van der Waals surface area contributed by atoms with Crippen LogP contribution in [0.25, 0.3) is 0 Å². The van der Waals surface area contributed by atoms with Gasteiger partial charge in [0.05, 0.1) is 6.10 Å². The van der Waals surface area contributed by atoms with Gasteiger partial charge in [0, 0.05) is 18.4 Å². The maximum absolute atomic E-state index is 11.1. The third-order valence-corrected chi connectivity index (χ3v) is 3.36. The zero-order valence-corrected chi connectivity index (χ0v) is 10.4. The summed E-state index contributed by atoms with van der Waals surface area (Å²) in [5.41, 5.74) is 0. The van der Waals surface area contributed by atoms with E-state index in [0.29, 0.717) is 13.0 Å². The number of hydrogen-bond acceptors (Lipinski definition) is 4. The highest BCUT2D eigenvalue weighted by molar-refractivity contribution is 5.86. The smallest absolute Gasteiger partial charge is 0.243 e. The van der Waals surface area contributed by atoms with E-state index in [1.165, 1.54) is 6.08 Å². The van der Waals surface area contributed by atoms with Crippen molar-refractivity contribution in [1.82, 2.24) is 20.5 Å². The minimum atomic E-state index is -0.418. The molecule has 0 radical (unpaired) electrons. The maximum Gasteiger partial charge on any atom is 0.243 e. The number of hydrogen-bond donors (Lipinski definition) is 3. The van der Waals surface area contributed by atoms with E-state index in [4.69, 9.17) is 0 Å². The van der Waals surface area contributed by atoms with Gasteiger partial charge in [0.25, 0.3) is 0 Å². The fourth-order valence-electron chi connectivity index (χ4n) is 2.38. The van der Waals surface area contributed by atoms with Gasteiger partial charge in [-0.1, -0.05) is 6.58 Å². The lowest BCUT2D eigenvalue weighted by molar-refractivity contribution is -0.116. The minimum absolute atomic E-state index is 0.0534.